The van der Waals surface area contributed by atoms with Crippen LogP contribution in [0.2, 0.25) is 39.3 Å². The van der Waals surface area contributed by atoms with Crippen LogP contribution in [0.1, 0.15) is 20.3 Å². The van der Waals surface area contributed by atoms with Gasteiger partial charge in [0.2, 0.25) is 0 Å². The highest BCUT2D eigenvalue weighted by molar-refractivity contribution is 6.99. The van der Waals surface area contributed by atoms with Gasteiger partial charge in [-0.25, -0.2) is 0 Å². The van der Waals surface area contributed by atoms with Crippen molar-refractivity contribution in [3.63, 3.8) is 0 Å². The average molecular weight is 401 g/mol. The molecule has 1 heterocycles. The van der Waals surface area contributed by atoms with Gasteiger partial charge in [0.15, 0.2) is 8.32 Å². The molecule has 1 aliphatic rings. The van der Waals surface area contributed by atoms with Crippen molar-refractivity contribution < 1.29 is 16.8 Å². The van der Waals surface area contributed by atoms with Crippen LogP contribution in [0.3, 0.4) is 0 Å². The van der Waals surface area contributed by atoms with Gasteiger partial charge in [-0.1, -0.05) is 29.8 Å². The Balaban J connectivity index is 3.19. The Morgan fingerprint density at radius 3 is 1.83 bits per heavy atom. The maximum Gasteiger partial charge on any atom is 0.403 e. The fourth-order valence-electron chi connectivity index (χ4n) is 2.56. The van der Waals surface area contributed by atoms with E-state index in [1.165, 1.54) is 0 Å². The first kappa shape index (κ1) is 21.8. The molecule has 8 heteroatoms. The molecule has 0 bridgehead atoms. The molecule has 0 aromatic heterocycles. The molecule has 1 aliphatic heterocycles. The Morgan fingerprint density at radius 2 is 1.50 bits per heavy atom. The zero-order chi connectivity index (χ0) is 18.9. The maximum atomic E-state index is 6.29. The third kappa shape index (κ3) is 5.93. The molecule has 0 aromatic carbocycles. The van der Waals surface area contributed by atoms with E-state index in [1.54, 1.807) is 11.4 Å². The molecule has 0 spiro atoms. The molecule has 1 saturated heterocycles. The topological polar surface area (TPSA) is 36.9 Å². The van der Waals surface area contributed by atoms with Crippen molar-refractivity contribution in [1.29, 1.82) is 0 Å². The lowest BCUT2D eigenvalue weighted by atomic mass is 10.1. The summed E-state index contributed by atoms with van der Waals surface area (Å²) in [5.74, 6) is 3.33. The second-order valence-electron chi connectivity index (χ2n) is 7.74. The molecular weight excluding hydrogens is 369 g/mol. The van der Waals surface area contributed by atoms with Crippen molar-refractivity contribution in [1.82, 2.24) is 0 Å². The fraction of sp³-hybridized carbons (Fsp3) is 0.625. The smallest absolute Gasteiger partial charge is 0.403 e. The molecule has 0 amide bonds. The van der Waals surface area contributed by atoms with Gasteiger partial charge in [-0.05, 0) is 52.6 Å². The molecule has 136 valence electrons. The van der Waals surface area contributed by atoms with E-state index in [0.717, 1.165) is 6.42 Å². The van der Waals surface area contributed by atoms with E-state index in [2.05, 4.69) is 51.2 Å². The molecule has 0 aliphatic carbocycles. The molecule has 4 nitrogen and oxygen atoms in total. The Kier molecular flexibility index (Phi) is 6.51. The van der Waals surface area contributed by atoms with Gasteiger partial charge in [0, 0.05) is 0 Å². The summed E-state index contributed by atoms with van der Waals surface area (Å²) in [6, 6.07) is 0. The van der Waals surface area contributed by atoms with Crippen molar-refractivity contribution in [2.24, 2.45) is 0 Å². The number of rotatable bonds is 5. The van der Waals surface area contributed by atoms with Gasteiger partial charge in [-0.2, -0.15) is 0 Å². The highest BCUT2D eigenvalue weighted by Gasteiger charge is 2.54. The zero-order valence-corrected chi connectivity index (χ0v) is 20.4. The van der Waals surface area contributed by atoms with E-state index >= 15 is 0 Å². The van der Waals surface area contributed by atoms with Gasteiger partial charge in [0.05, 0.1) is 0 Å². The molecule has 0 aromatic rings. The maximum absolute atomic E-state index is 6.29. The van der Waals surface area contributed by atoms with Crippen LogP contribution in [-0.4, -0.2) is 39.6 Å². The largest absolute Gasteiger partial charge is 0.410 e. The SMILES string of the molecule is C=C[Si]1(C)O[Si](C)(C#CC(C)(CC)O[Si](C)(C)C)O[Si](C)(C=C)O1. The predicted molar refractivity (Wildman–Crippen MR) is 109 cm³/mol. The molecule has 24 heavy (non-hydrogen) atoms. The van der Waals surface area contributed by atoms with E-state index in [1.807, 2.05) is 26.6 Å². The van der Waals surface area contributed by atoms with Gasteiger partial charge >= 0.3 is 25.7 Å². The lowest BCUT2D eigenvalue weighted by Crippen LogP contribution is -2.66. The van der Waals surface area contributed by atoms with Crippen molar-refractivity contribution in [3.05, 3.63) is 24.6 Å². The van der Waals surface area contributed by atoms with Gasteiger partial charge in [-0.15, -0.1) is 13.2 Å². The zero-order valence-electron chi connectivity index (χ0n) is 16.4. The van der Waals surface area contributed by atoms with Crippen molar-refractivity contribution >= 4 is 34.0 Å². The Labute approximate surface area is 152 Å². The standard InChI is InChI=1S/C16H32O4Si4/c1-11-16(4,17-21(5,6)7)14-15-24(10)19-22(8,12-2)18-23(9,13-3)20-24/h12-13H,2-3,11H2,1,4-10H3. The van der Waals surface area contributed by atoms with E-state index < -0.39 is 39.6 Å². The molecule has 3 unspecified atom stereocenters. The van der Waals surface area contributed by atoms with Crippen LogP contribution in [0.4, 0.5) is 0 Å². The summed E-state index contributed by atoms with van der Waals surface area (Å²) in [5.41, 5.74) is 6.45. The van der Waals surface area contributed by atoms with Gasteiger partial charge in [-0.3, -0.25) is 0 Å². The van der Waals surface area contributed by atoms with Crippen LogP contribution >= 0.6 is 0 Å². The molecular formula is C16H32O4Si4. The second-order valence-corrected chi connectivity index (χ2v) is 21.6. The number of hydrogen-bond donors (Lipinski definition) is 0. The summed E-state index contributed by atoms with van der Waals surface area (Å²) in [4.78, 5) is 0. The van der Waals surface area contributed by atoms with Crippen LogP contribution < -0.4 is 0 Å². The van der Waals surface area contributed by atoms with E-state index in [4.69, 9.17) is 16.8 Å². The highest BCUT2D eigenvalue weighted by Crippen LogP contribution is 2.31. The first-order chi connectivity index (χ1) is 10.7. The van der Waals surface area contributed by atoms with Crippen molar-refractivity contribution in [2.45, 2.75) is 65.2 Å². The summed E-state index contributed by atoms with van der Waals surface area (Å²) in [6.07, 6.45) is 0.817. The van der Waals surface area contributed by atoms with Crippen LogP contribution in [0, 0.1) is 11.5 Å². The van der Waals surface area contributed by atoms with E-state index in [-0.39, 0.29) is 0 Å². The quantitative estimate of drug-likeness (QED) is 0.510. The first-order valence-corrected chi connectivity index (χ1v) is 18.8. The third-order valence-corrected chi connectivity index (χ3v) is 16.4. The second kappa shape index (κ2) is 7.17. The Hall–Kier alpha value is -0.252. The lowest BCUT2D eigenvalue weighted by Gasteiger charge is -2.45. The average Bonchev–Trinajstić information content (AvgIpc) is 2.43. The third-order valence-electron chi connectivity index (χ3n) is 3.70. The van der Waals surface area contributed by atoms with Crippen LogP contribution in [0.25, 0.3) is 0 Å². The number of hydrogen-bond acceptors (Lipinski definition) is 4. The summed E-state index contributed by atoms with van der Waals surface area (Å²) >= 11 is 0. The Morgan fingerprint density at radius 1 is 1.04 bits per heavy atom. The Bertz CT molecular complexity index is 543. The van der Waals surface area contributed by atoms with Gasteiger partial charge in [0.25, 0.3) is 0 Å². The summed E-state index contributed by atoms with van der Waals surface area (Å²) in [7, 11) is -9.42. The summed E-state index contributed by atoms with van der Waals surface area (Å²) in [6.45, 7) is 24.4. The molecule has 0 N–H and O–H groups in total. The van der Waals surface area contributed by atoms with Crippen LogP contribution in [0.15, 0.2) is 24.6 Å². The molecule has 0 radical (unpaired) electrons. The normalized spacial score (nSPS) is 36.2. The predicted octanol–water partition coefficient (Wildman–Crippen LogP) is 4.28. The molecule has 1 rings (SSSR count). The van der Waals surface area contributed by atoms with E-state index in [9.17, 15) is 0 Å². The van der Waals surface area contributed by atoms with Gasteiger partial charge in [0.1, 0.15) is 5.60 Å². The van der Waals surface area contributed by atoms with Crippen LogP contribution in [-0.2, 0) is 16.8 Å². The van der Waals surface area contributed by atoms with Gasteiger partial charge < -0.3 is 16.8 Å². The molecule has 1 fully saturated rings. The molecule has 3 atom stereocenters. The summed E-state index contributed by atoms with van der Waals surface area (Å²) < 4.78 is 25.0. The van der Waals surface area contributed by atoms with Crippen molar-refractivity contribution in [2.75, 3.05) is 0 Å². The van der Waals surface area contributed by atoms with Crippen LogP contribution in [0.5, 0.6) is 0 Å². The highest BCUT2D eigenvalue weighted by atomic mass is 28.5. The summed E-state index contributed by atoms with van der Waals surface area (Å²) in [5, 5.41) is 0. The fourth-order valence-corrected chi connectivity index (χ4v) is 17.4. The lowest BCUT2D eigenvalue weighted by molar-refractivity contribution is 0.138. The monoisotopic (exact) mass is 400 g/mol. The first-order valence-electron chi connectivity index (χ1n) is 8.34. The minimum absolute atomic E-state index is 0.482. The van der Waals surface area contributed by atoms with E-state index in [0.29, 0.717) is 0 Å². The van der Waals surface area contributed by atoms with Crippen molar-refractivity contribution in [3.8, 4) is 11.5 Å². The molecule has 0 saturated carbocycles. The minimum atomic E-state index is -2.72. The minimum Gasteiger partial charge on any atom is -0.410 e.